The highest BCUT2D eigenvalue weighted by molar-refractivity contribution is 5.84. The van der Waals surface area contributed by atoms with E-state index in [0.29, 0.717) is 6.04 Å². The molecule has 1 saturated carbocycles. The van der Waals surface area contributed by atoms with E-state index in [0.717, 1.165) is 25.8 Å². The van der Waals surface area contributed by atoms with Gasteiger partial charge in [-0.25, -0.2) is 0 Å². The number of amides is 1. The van der Waals surface area contributed by atoms with E-state index in [9.17, 15) is 4.79 Å². The first kappa shape index (κ1) is 11.7. The normalized spacial score (nSPS) is 23.1. The van der Waals surface area contributed by atoms with E-state index in [2.05, 4.69) is 23.5 Å². The molecule has 96 valence electrons. The number of rotatable bonds is 2. The predicted octanol–water partition coefficient (Wildman–Crippen LogP) is 1.88. The zero-order valence-corrected chi connectivity index (χ0v) is 10.9. The van der Waals surface area contributed by atoms with Gasteiger partial charge >= 0.3 is 0 Å². The van der Waals surface area contributed by atoms with Gasteiger partial charge in [0.25, 0.3) is 0 Å². The molecule has 0 saturated heterocycles. The van der Waals surface area contributed by atoms with Crippen LogP contribution in [-0.2, 0) is 11.2 Å². The molecule has 0 aromatic heterocycles. The molecule has 1 fully saturated rings. The largest absolute Gasteiger partial charge is 0.341 e. The molecule has 1 N–H and O–H groups in total. The fourth-order valence-corrected chi connectivity index (χ4v) is 2.88. The number of hydrogen-bond acceptors (Lipinski definition) is 2. The van der Waals surface area contributed by atoms with E-state index in [1.165, 1.54) is 17.5 Å². The summed E-state index contributed by atoms with van der Waals surface area (Å²) in [6, 6.07) is 8.63. The molecule has 1 heterocycles. The van der Waals surface area contributed by atoms with Gasteiger partial charge in [-0.05, 0) is 36.8 Å². The van der Waals surface area contributed by atoms with Crippen molar-refractivity contribution in [3.8, 4) is 0 Å². The van der Waals surface area contributed by atoms with Gasteiger partial charge in [-0.1, -0.05) is 24.3 Å². The van der Waals surface area contributed by atoms with Crippen LogP contribution in [0.15, 0.2) is 24.3 Å². The van der Waals surface area contributed by atoms with E-state index in [1.807, 2.05) is 18.0 Å². The number of hydrogen-bond donors (Lipinski definition) is 1. The molecule has 1 aliphatic carbocycles. The minimum Gasteiger partial charge on any atom is -0.341 e. The van der Waals surface area contributed by atoms with Crippen molar-refractivity contribution in [1.82, 2.24) is 10.2 Å². The molecule has 0 radical (unpaired) electrons. The third kappa shape index (κ3) is 1.93. The molecule has 1 aromatic rings. The lowest BCUT2D eigenvalue weighted by Gasteiger charge is -2.38. The third-order valence-corrected chi connectivity index (χ3v) is 4.33. The Hall–Kier alpha value is -1.35. The summed E-state index contributed by atoms with van der Waals surface area (Å²) < 4.78 is 0. The fourth-order valence-electron chi connectivity index (χ4n) is 2.88. The van der Waals surface area contributed by atoms with E-state index in [-0.39, 0.29) is 11.9 Å². The van der Waals surface area contributed by atoms with Crippen LogP contribution in [-0.4, -0.2) is 30.4 Å². The van der Waals surface area contributed by atoms with Gasteiger partial charge in [0.2, 0.25) is 5.91 Å². The van der Waals surface area contributed by atoms with Crippen molar-refractivity contribution in [2.24, 2.45) is 0 Å². The summed E-state index contributed by atoms with van der Waals surface area (Å²) in [5.74, 6) is 0.229. The maximum Gasteiger partial charge on any atom is 0.244 e. The van der Waals surface area contributed by atoms with Crippen LogP contribution in [0, 0.1) is 0 Å². The van der Waals surface area contributed by atoms with Crippen molar-refractivity contribution in [1.29, 1.82) is 0 Å². The van der Waals surface area contributed by atoms with E-state index in [1.54, 1.807) is 0 Å². The predicted molar refractivity (Wildman–Crippen MR) is 71.3 cm³/mol. The molecule has 1 amide bonds. The van der Waals surface area contributed by atoms with Gasteiger partial charge in [-0.15, -0.1) is 0 Å². The van der Waals surface area contributed by atoms with Crippen molar-refractivity contribution in [3.63, 3.8) is 0 Å². The van der Waals surface area contributed by atoms with Crippen molar-refractivity contribution >= 4 is 5.91 Å². The summed E-state index contributed by atoms with van der Waals surface area (Å²) >= 11 is 0. The number of carbonyl (C=O) groups is 1. The van der Waals surface area contributed by atoms with Crippen LogP contribution in [0.2, 0.25) is 0 Å². The zero-order valence-electron chi connectivity index (χ0n) is 10.9. The summed E-state index contributed by atoms with van der Waals surface area (Å²) in [5.41, 5.74) is 2.48. The van der Waals surface area contributed by atoms with Gasteiger partial charge in [0.05, 0.1) is 0 Å². The van der Waals surface area contributed by atoms with Crippen molar-refractivity contribution < 1.29 is 4.79 Å². The maximum atomic E-state index is 12.6. The molecule has 0 bridgehead atoms. The van der Waals surface area contributed by atoms with E-state index >= 15 is 0 Å². The molecule has 3 heteroatoms. The Labute approximate surface area is 108 Å². The number of benzene rings is 1. The molecule has 0 spiro atoms. The summed E-state index contributed by atoms with van der Waals surface area (Å²) in [6.45, 7) is 0.895. The lowest BCUT2D eigenvalue weighted by Crippen LogP contribution is -2.48. The Balaban J connectivity index is 1.82. The van der Waals surface area contributed by atoms with Gasteiger partial charge in [0.15, 0.2) is 0 Å². The highest BCUT2D eigenvalue weighted by Crippen LogP contribution is 2.29. The summed E-state index contributed by atoms with van der Waals surface area (Å²) in [5, 5.41) is 3.37. The van der Waals surface area contributed by atoms with Crippen LogP contribution >= 0.6 is 0 Å². The second-order valence-electron chi connectivity index (χ2n) is 5.37. The van der Waals surface area contributed by atoms with E-state index in [4.69, 9.17) is 0 Å². The number of nitrogens with zero attached hydrogens (tertiary/aromatic N) is 1. The van der Waals surface area contributed by atoms with Gasteiger partial charge in [-0.2, -0.15) is 0 Å². The lowest BCUT2D eigenvalue weighted by molar-refractivity contribution is -0.136. The topological polar surface area (TPSA) is 32.3 Å². The van der Waals surface area contributed by atoms with Crippen molar-refractivity contribution in [2.45, 2.75) is 37.8 Å². The SMILES string of the molecule is CN(C(=O)C1NCCc2ccccc21)C1CCC1. The average molecular weight is 244 g/mol. The quantitative estimate of drug-likeness (QED) is 0.861. The standard InChI is InChI=1S/C15H20N2O/c1-17(12-6-4-7-12)15(18)14-13-8-3-2-5-11(13)9-10-16-14/h2-3,5,8,12,14,16H,4,6-7,9-10H2,1H3. The molecule has 3 nitrogen and oxygen atoms in total. The van der Waals surface area contributed by atoms with Crippen LogP contribution in [0.5, 0.6) is 0 Å². The second kappa shape index (κ2) is 4.73. The molecule has 1 aliphatic heterocycles. The molecule has 1 aromatic carbocycles. The number of fused-ring (bicyclic) bond motifs is 1. The number of carbonyl (C=O) groups excluding carboxylic acids is 1. The van der Waals surface area contributed by atoms with Gasteiger partial charge in [0, 0.05) is 19.6 Å². The Kier molecular flexibility index (Phi) is 3.08. The van der Waals surface area contributed by atoms with Crippen LogP contribution in [0.25, 0.3) is 0 Å². The monoisotopic (exact) mass is 244 g/mol. The van der Waals surface area contributed by atoms with Gasteiger partial charge in [-0.3, -0.25) is 4.79 Å². The van der Waals surface area contributed by atoms with Crippen LogP contribution < -0.4 is 5.32 Å². The zero-order chi connectivity index (χ0) is 12.5. The maximum absolute atomic E-state index is 12.6. The van der Waals surface area contributed by atoms with Crippen LogP contribution in [0.1, 0.15) is 36.4 Å². The first-order valence-electron chi connectivity index (χ1n) is 6.85. The first-order chi connectivity index (χ1) is 8.77. The minimum atomic E-state index is -0.138. The molecule has 18 heavy (non-hydrogen) atoms. The molecule has 1 unspecified atom stereocenters. The van der Waals surface area contributed by atoms with Crippen LogP contribution in [0.3, 0.4) is 0 Å². The molecule has 3 rings (SSSR count). The summed E-state index contributed by atoms with van der Waals surface area (Å²) in [7, 11) is 1.95. The molecule has 2 aliphatic rings. The first-order valence-corrected chi connectivity index (χ1v) is 6.85. The molecular formula is C15H20N2O. The average Bonchev–Trinajstić information content (AvgIpc) is 2.35. The number of nitrogens with one attached hydrogen (secondary N) is 1. The van der Waals surface area contributed by atoms with Crippen LogP contribution in [0.4, 0.5) is 0 Å². The highest BCUT2D eigenvalue weighted by Gasteiger charge is 2.32. The Bertz CT molecular complexity index is 454. The minimum absolute atomic E-state index is 0.138. The highest BCUT2D eigenvalue weighted by atomic mass is 16.2. The Morgan fingerprint density at radius 3 is 2.83 bits per heavy atom. The lowest BCUT2D eigenvalue weighted by atomic mass is 9.89. The Morgan fingerprint density at radius 2 is 2.11 bits per heavy atom. The summed E-state index contributed by atoms with van der Waals surface area (Å²) in [6.07, 6.45) is 4.61. The summed E-state index contributed by atoms with van der Waals surface area (Å²) in [4.78, 5) is 14.5. The molecule has 1 atom stereocenters. The third-order valence-electron chi connectivity index (χ3n) is 4.33. The van der Waals surface area contributed by atoms with Crippen molar-refractivity contribution in [3.05, 3.63) is 35.4 Å². The van der Waals surface area contributed by atoms with E-state index < -0.39 is 0 Å². The van der Waals surface area contributed by atoms with Gasteiger partial charge < -0.3 is 10.2 Å². The fraction of sp³-hybridized carbons (Fsp3) is 0.533. The Morgan fingerprint density at radius 1 is 1.33 bits per heavy atom. The molecular weight excluding hydrogens is 224 g/mol. The number of likely N-dealkylation sites (N-methyl/N-ethyl adjacent to an activating group) is 1. The van der Waals surface area contributed by atoms with Crippen molar-refractivity contribution in [2.75, 3.05) is 13.6 Å². The smallest absolute Gasteiger partial charge is 0.244 e. The van der Waals surface area contributed by atoms with Gasteiger partial charge in [0.1, 0.15) is 6.04 Å². The second-order valence-corrected chi connectivity index (χ2v) is 5.37.